The van der Waals surface area contributed by atoms with Gasteiger partial charge in [0.05, 0.1) is 0 Å². The molecular formula is C2H2F5O3P. The van der Waals surface area contributed by atoms with Crippen LogP contribution in [0.1, 0.15) is 0 Å². The van der Waals surface area contributed by atoms with Crippen molar-refractivity contribution in [2.75, 3.05) is 0 Å². The number of rotatable bonds is 1. The third-order valence-electron chi connectivity index (χ3n) is 0.707. The van der Waals surface area contributed by atoms with Gasteiger partial charge in [-0.3, -0.25) is 4.57 Å². The quantitative estimate of drug-likeness (QED) is 0.495. The maximum absolute atomic E-state index is 11.5. The fourth-order valence-electron chi connectivity index (χ4n) is 0.165. The van der Waals surface area contributed by atoms with Gasteiger partial charge in [-0.15, -0.1) is 0 Å². The molecule has 11 heavy (non-hydrogen) atoms. The van der Waals surface area contributed by atoms with Crippen molar-refractivity contribution in [2.24, 2.45) is 0 Å². The van der Waals surface area contributed by atoms with E-state index in [2.05, 4.69) is 0 Å². The topological polar surface area (TPSA) is 57.5 Å². The van der Waals surface area contributed by atoms with Gasteiger partial charge in [-0.25, -0.2) is 0 Å². The maximum Gasteiger partial charge on any atom is 0.466 e. The highest BCUT2D eigenvalue weighted by Gasteiger charge is 2.69. The van der Waals surface area contributed by atoms with Crippen LogP contribution in [0.5, 0.6) is 0 Å². The average Bonchev–Trinajstić information content (AvgIpc) is 1.58. The SMILES string of the molecule is O=P(O)(O)C(F)(F)C(F)(F)F. The molecule has 0 aromatic heterocycles. The first-order valence-corrected chi connectivity index (χ1v) is 3.61. The fraction of sp³-hybridized carbons (Fsp3) is 1.00. The molecule has 0 radical (unpaired) electrons. The predicted octanol–water partition coefficient (Wildman–Crippen LogP) is 1.32. The summed E-state index contributed by atoms with van der Waals surface area (Å²) in [6.45, 7) is 0. The van der Waals surface area contributed by atoms with E-state index in [4.69, 9.17) is 9.79 Å². The summed E-state index contributed by atoms with van der Waals surface area (Å²) >= 11 is 0. The standard InChI is InChI=1S/C2H2F5O3P/c3-1(4,5)2(6,7)11(8,9)10/h(H2,8,9,10). The van der Waals surface area contributed by atoms with Gasteiger partial charge in [-0.05, 0) is 0 Å². The second-order valence-electron chi connectivity index (χ2n) is 1.58. The molecule has 0 saturated heterocycles. The smallest absolute Gasteiger partial charge is 0.320 e. The summed E-state index contributed by atoms with van der Waals surface area (Å²) in [6.07, 6.45) is -6.22. The van der Waals surface area contributed by atoms with Crippen molar-refractivity contribution < 1.29 is 36.3 Å². The molecule has 0 aliphatic carbocycles. The second kappa shape index (κ2) is 2.40. The average molecular weight is 200 g/mol. The Kier molecular flexibility index (Phi) is 2.35. The molecule has 0 aliphatic heterocycles. The first-order valence-electron chi connectivity index (χ1n) is 2.00. The van der Waals surface area contributed by atoms with Crippen LogP contribution >= 0.6 is 7.60 Å². The molecule has 0 unspecified atom stereocenters. The summed E-state index contributed by atoms with van der Waals surface area (Å²) in [5.74, 6) is 0. The molecule has 0 aromatic rings. The molecule has 0 rings (SSSR count). The van der Waals surface area contributed by atoms with Crippen LogP contribution in [0.2, 0.25) is 0 Å². The van der Waals surface area contributed by atoms with Crippen LogP contribution in [0.15, 0.2) is 0 Å². The zero-order valence-corrected chi connectivity index (χ0v) is 5.53. The molecule has 0 aliphatic rings. The van der Waals surface area contributed by atoms with Crippen molar-refractivity contribution in [2.45, 2.75) is 11.8 Å². The molecule has 2 N–H and O–H groups in total. The third-order valence-corrected chi connectivity index (χ3v) is 1.69. The normalized spacial score (nSPS) is 15.2. The first-order chi connectivity index (χ1) is 4.50. The largest absolute Gasteiger partial charge is 0.466 e. The van der Waals surface area contributed by atoms with Gasteiger partial charge in [0.15, 0.2) is 0 Å². The van der Waals surface area contributed by atoms with Crippen LogP contribution in [0, 0.1) is 0 Å². The number of alkyl halides is 5. The third kappa shape index (κ3) is 1.88. The van der Waals surface area contributed by atoms with Gasteiger partial charge < -0.3 is 9.79 Å². The Morgan fingerprint density at radius 2 is 1.27 bits per heavy atom. The van der Waals surface area contributed by atoms with Crippen molar-refractivity contribution >= 4 is 7.60 Å². The van der Waals surface area contributed by atoms with E-state index in [1.54, 1.807) is 0 Å². The molecule has 0 amide bonds. The number of hydrogen-bond acceptors (Lipinski definition) is 1. The lowest BCUT2D eigenvalue weighted by atomic mass is 10.7. The van der Waals surface area contributed by atoms with E-state index in [1.165, 1.54) is 0 Å². The summed E-state index contributed by atoms with van der Waals surface area (Å²) in [7, 11) is -6.45. The highest BCUT2D eigenvalue weighted by Crippen LogP contribution is 2.60. The van der Waals surface area contributed by atoms with Gasteiger partial charge in [0.1, 0.15) is 0 Å². The van der Waals surface area contributed by atoms with Crippen molar-refractivity contribution in [1.82, 2.24) is 0 Å². The van der Waals surface area contributed by atoms with Crippen LogP contribution in [0.25, 0.3) is 0 Å². The maximum atomic E-state index is 11.5. The minimum atomic E-state index is -6.45. The van der Waals surface area contributed by atoms with Gasteiger partial charge in [-0.2, -0.15) is 22.0 Å². The van der Waals surface area contributed by atoms with E-state index in [9.17, 15) is 26.5 Å². The molecule has 0 fully saturated rings. The zero-order chi connectivity index (χ0) is 9.50. The molecule has 0 aromatic carbocycles. The van der Waals surface area contributed by atoms with Gasteiger partial charge >= 0.3 is 19.4 Å². The zero-order valence-electron chi connectivity index (χ0n) is 4.64. The van der Waals surface area contributed by atoms with Crippen LogP contribution in [-0.2, 0) is 4.57 Å². The summed E-state index contributed by atoms with van der Waals surface area (Å²) < 4.78 is 65.9. The van der Waals surface area contributed by atoms with Crippen LogP contribution in [-0.4, -0.2) is 21.6 Å². The predicted molar refractivity (Wildman–Crippen MR) is 23.0 cm³/mol. The highest BCUT2D eigenvalue weighted by atomic mass is 31.2. The van der Waals surface area contributed by atoms with Crippen molar-refractivity contribution in [1.29, 1.82) is 0 Å². The lowest BCUT2D eigenvalue weighted by Gasteiger charge is -2.19. The Balaban J connectivity index is 4.91. The van der Waals surface area contributed by atoms with E-state index in [0.717, 1.165) is 0 Å². The van der Waals surface area contributed by atoms with Crippen LogP contribution in [0.4, 0.5) is 22.0 Å². The monoisotopic (exact) mass is 200 g/mol. The summed E-state index contributed by atoms with van der Waals surface area (Å²) in [5, 5.41) is 0. The molecule has 0 saturated carbocycles. The molecule has 0 spiro atoms. The number of halogens is 5. The molecular weight excluding hydrogens is 198 g/mol. The Morgan fingerprint density at radius 1 is 1.00 bits per heavy atom. The minimum Gasteiger partial charge on any atom is -0.320 e. The molecule has 0 bridgehead atoms. The van der Waals surface area contributed by atoms with Gasteiger partial charge in [-0.1, -0.05) is 0 Å². The Morgan fingerprint density at radius 3 is 1.27 bits per heavy atom. The fourth-order valence-corrected chi connectivity index (χ4v) is 0.495. The summed E-state index contributed by atoms with van der Waals surface area (Å²) in [4.78, 5) is 15.0. The molecule has 0 heterocycles. The van der Waals surface area contributed by atoms with E-state index in [0.29, 0.717) is 0 Å². The minimum absolute atomic E-state index is 5.96. The molecule has 9 heteroatoms. The number of hydrogen-bond donors (Lipinski definition) is 2. The Bertz CT molecular complexity index is 190. The van der Waals surface area contributed by atoms with Gasteiger partial charge in [0, 0.05) is 0 Å². The van der Waals surface area contributed by atoms with E-state index in [1.807, 2.05) is 0 Å². The van der Waals surface area contributed by atoms with Crippen LogP contribution < -0.4 is 0 Å². The molecule has 68 valence electrons. The van der Waals surface area contributed by atoms with Crippen molar-refractivity contribution in [3.63, 3.8) is 0 Å². The van der Waals surface area contributed by atoms with E-state index < -0.39 is 19.4 Å². The Hall–Kier alpha value is -0.200. The van der Waals surface area contributed by atoms with Gasteiger partial charge in [0.2, 0.25) is 0 Å². The lowest BCUT2D eigenvalue weighted by molar-refractivity contribution is -0.248. The van der Waals surface area contributed by atoms with E-state index >= 15 is 0 Å². The van der Waals surface area contributed by atoms with Crippen molar-refractivity contribution in [3.8, 4) is 0 Å². The molecule has 0 atom stereocenters. The lowest BCUT2D eigenvalue weighted by Crippen LogP contribution is -2.35. The van der Waals surface area contributed by atoms with E-state index in [-0.39, 0.29) is 0 Å². The van der Waals surface area contributed by atoms with Crippen LogP contribution in [0.3, 0.4) is 0 Å². The Labute approximate surface area is 57.0 Å². The summed E-state index contributed by atoms with van der Waals surface area (Å²) in [5.41, 5.74) is -5.96. The van der Waals surface area contributed by atoms with Crippen molar-refractivity contribution in [3.05, 3.63) is 0 Å². The molecule has 3 nitrogen and oxygen atoms in total. The highest BCUT2D eigenvalue weighted by molar-refractivity contribution is 7.53. The first kappa shape index (κ1) is 10.8. The second-order valence-corrected chi connectivity index (χ2v) is 3.23. The summed E-state index contributed by atoms with van der Waals surface area (Å²) in [6, 6.07) is 0. The van der Waals surface area contributed by atoms with Gasteiger partial charge in [0.25, 0.3) is 0 Å².